The molecule has 13 nitrogen and oxygen atoms in total. The highest BCUT2D eigenvalue weighted by Gasteiger charge is 2.39. The van der Waals surface area contributed by atoms with Crippen LogP contribution in [0.25, 0.3) is 11.2 Å². The summed E-state index contributed by atoms with van der Waals surface area (Å²) >= 11 is 0. The summed E-state index contributed by atoms with van der Waals surface area (Å²) in [6.45, 7) is 12.6. The highest BCUT2D eigenvalue weighted by atomic mass is 31.2. The zero-order valence-electron chi connectivity index (χ0n) is 23.4. The van der Waals surface area contributed by atoms with E-state index in [9.17, 15) is 14.2 Å². The number of unbranched alkanes of at least 4 members (excludes halogenated alkanes) is 2. The van der Waals surface area contributed by atoms with Gasteiger partial charge in [-0.15, -0.1) is 0 Å². The SMILES string of the molecule is CCCCCOC(=O)[C@@H](C)NP(=O)(CO[C@@H](C)Cn1cnc2c(N)ncnc21)NC(C)(C)C(=O)OC(C)C. The molecule has 0 radical (unpaired) electrons. The van der Waals surface area contributed by atoms with Crippen LogP contribution in [0.15, 0.2) is 12.7 Å². The van der Waals surface area contributed by atoms with Gasteiger partial charge in [-0.1, -0.05) is 19.8 Å². The normalized spacial score (nSPS) is 15.3. The fraction of sp³-hybridized carbons (Fsp3) is 0.708. The van der Waals surface area contributed by atoms with Crippen LogP contribution in [0.5, 0.6) is 0 Å². The second kappa shape index (κ2) is 14.0. The third-order valence-corrected chi connectivity index (χ3v) is 7.72. The molecule has 2 aromatic heterocycles. The van der Waals surface area contributed by atoms with Crippen LogP contribution in [-0.2, 0) is 34.9 Å². The Hall–Kier alpha value is -2.60. The first-order valence-electron chi connectivity index (χ1n) is 12.8. The van der Waals surface area contributed by atoms with Crippen LogP contribution in [0.3, 0.4) is 0 Å². The van der Waals surface area contributed by atoms with Gasteiger partial charge in [0.1, 0.15) is 29.8 Å². The minimum absolute atomic E-state index is 0.270. The van der Waals surface area contributed by atoms with Gasteiger partial charge in [0.05, 0.1) is 31.7 Å². The molecule has 0 fully saturated rings. The Morgan fingerprint density at radius 2 is 1.87 bits per heavy atom. The van der Waals surface area contributed by atoms with Gasteiger partial charge >= 0.3 is 11.9 Å². The summed E-state index contributed by atoms with van der Waals surface area (Å²) in [4.78, 5) is 37.6. The Morgan fingerprint density at radius 3 is 2.53 bits per heavy atom. The Labute approximate surface area is 224 Å². The number of fused-ring (bicyclic) bond motifs is 1. The topological polar surface area (TPSA) is 173 Å². The zero-order valence-corrected chi connectivity index (χ0v) is 24.3. The standard InChI is InChI=1S/C24H42N7O6P/c1-8-9-10-11-35-22(32)18(5)29-38(34,30-24(6,7)23(33)37-16(2)3)15-36-17(4)12-31-14-28-19-20(25)26-13-27-21(19)31/h13-14,16-18H,8-12,15H2,1-7H3,(H2,25,26,27)(H2,29,30,34)/t17-,18+,38?/m0/s1. The summed E-state index contributed by atoms with van der Waals surface area (Å²) in [5.41, 5.74) is 5.55. The number of hydrogen-bond acceptors (Lipinski definition) is 10. The van der Waals surface area contributed by atoms with Crippen molar-refractivity contribution in [2.75, 3.05) is 18.7 Å². The second-order valence-electron chi connectivity index (χ2n) is 10.1. The van der Waals surface area contributed by atoms with Gasteiger partial charge < -0.3 is 24.5 Å². The van der Waals surface area contributed by atoms with E-state index in [1.807, 2.05) is 0 Å². The summed E-state index contributed by atoms with van der Waals surface area (Å²) in [6.07, 6.45) is 4.50. The van der Waals surface area contributed by atoms with Gasteiger partial charge in [0, 0.05) is 0 Å². The van der Waals surface area contributed by atoms with Gasteiger partial charge in [-0.3, -0.25) is 14.2 Å². The molecule has 0 amide bonds. The van der Waals surface area contributed by atoms with Crippen LogP contribution < -0.4 is 15.9 Å². The quantitative estimate of drug-likeness (QED) is 0.157. The van der Waals surface area contributed by atoms with Crippen LogP contribution in [0.2, 0.25) is 0 Å². The molecule has 0 aromatic carbocycles. The first-order valence-corrected chi connectivity index (χ1v) is 14.7. The molecule has 214 valence electrons. The summed E-state index contributed by atoms with van der Waals surface area (Å²) in [6, 6.07) is -0.914. The number of rotatable bonds is 16. The first kappa shape index (κ1) is 31.6. The van der Waals surface area contributed by atoms with Gasteiger partial charge in [0.25, 0.3) is 0 Å². The molecule has 2 aromatic rings. The monoisotopic (exact) mass is 555 g/mol. The van der Waals surface area contributed by atoms with Crippen LogP contribution >= 0.6 is 7.44 Å². The molecule has 2 heterocycles. The zero-order chi connectivity index (χ0) is 28.5. The number of nitrogen functional groups attached to an aromatic ring is 1. The van der Waals surface area contributed by atoms with Gasteiger partial charge in [0.15, 0.2) is 11.5 Å². The molecule has 3 atom stereocenters. The molecule has 0 saturated heterocycles. The lowest BCUT2D eigenvalue weighted by molar-refractivity contribution is -0.153. The smallest absolute Gasteiger partial charge is 0.326 e. The maximum Gasteiger partial charge on any atom is 0.326 e. The lowest BCUT2D eigenvalue weighted by atomic mass is 10.1. The van der Waals surface area contributed by atoms with Gasteiger partial charge in [-0.05, 0) is 48.0 Å². The van der Waals surface area contributed by atoms with Crippen LogP contribution in [0.1, 0.15) is 67.7 Å². The van der Waals surface area contributed by atoms with Crippen molar-refractivity contribution in [3.05, 3.63) is 12.7 Å². The van der Waals surface area contributed by atoms with Crippen LogP contribution in [-0.4, -0.2) is 68.2 Å². The Balaban J connectivity index is 2.14. The van der Waals surface area contributed by atoms with Crippen molar-refractivity contribution >= 4 is 36.4 Å². The van der Waals surface area contributed by atoms with Crippen LogP contribution in [0, 0.1) is 0 Å². The number of hydrogen-bond donors (Lipinski definition) is 3. The van der Waals surface area contributed by atoms with E-state index in [1.54, 1.807) is 52.4 Å². The van der Waals surface area contributed by atoms with Crippen LogP contribution in [0.4, 0.5) is 5.82 Å². The predicted molar refractivity (Wildman–Crippen MR) is 144 cm³/mol. The second-order valence-corrected chi connectivity index (χ2v) is 12.3. The number of imidazole rings is 1. The average molecular weight is 556 g/mol. The summed E-state index contributed by atoms with van der Waals surface area (Å²) in [5.74, 6) is -0.855. The molecule has 0 aliphatic heterocycles. The van der Waals surface area contributed by atoms with E-state index in [0.717, 1.165) is 19.3 Å². The molecule has 0 spiro atoms. The van der Waals surface area contributed by atoms with Gasteiger partial charge in [-0.2, -0.15) is 0 Å². The van der Waals surface area contributed by atoms with Gasteiger partial charge in [0.2, 0.25) is 7.44 Å². The lowest BCUT2D eigenvalue weighted by Gasteiger charge is -2.32. The number of carbonyl (C=O) groups is 2. The molecule has 0 bridgehead atoms. The maximum absolute atomic E-state index is 14.1. The van der Waals surface area contributed by atoms with Crippen molar-refractivity contribution in [3.8, 4) is 0 Å². The minimum Gasteiger partial charge on any atom is -0.465 e. The summed E-state index contributed by atoms with van der Waals surface area (Å²) in [5, 5.41) is 5.70. The van der Waals surface area contributed by atoms with Crippen molar-refractivity contribution in [1.29, 1.82) is 0 Å². The molecular weight excluding hydrogens is 513 g/mol. The molecular formula is C24H42N7O6P. The number of anilines is 1. The van der Waals surface area contributed by atoms with E-state index >= 15 is 0 Å². The maximum atomic E-state index is 14.1. The highest BCUT2D eigenvalue weighted by molar-refractivity contribution is 7.59. The molecule has 0 saturated carbocycles. The predicted octanol–water partition coefficient (Wildman–Crippen LogP) is 3.00. The number of nitrogens with one attached hydrogen (secondary N) is 2. The average Bonchev–Trinajstić information content (AvgIpc) is 3.23. The Kier molecular flexibility index (Phi) is 11.6. The molecule has 2 rings (SSSR count). The number of carbonyl (C=O) groups excluding carboxylic acids is 2. The van der Waals surface area contributed by atoms with E-state index < -0.39 is 37.1 Å². The molecule has 0 aliphatic carbocycles. The number of esters is 2. The molecule has 0 aliphatic rings. The lowest BCUT2D eigenvalue weighted by Crippen LogP contribution is -2.50. The molecule has 38 heavy (non-hydrogen) atoms. The third-order valence-electron chi connectivity index (χ3n) is 5.49. The summed E-state index contributed by atoms with van der Waals surface area (Å²) < 4.78 is 32.4. The van der Waals surface area contributed by atoms with E-state index in [-0.39, 0.29) is 24.9 Å². The fourth-order valence-corrected chi connectivity index (χ4v) is 5.96. The number of nitrogens with two attached hydrogens (primary N) is 1. The molecule has 4 N–H and O–H groups in total. The number of aromatic nitrogens is 4. The van der Waals surface area contributed by atoms with Crippen molar-refractivity contribution < 1.29 is 28.4 Å². The molecule has 1 unspecified atom stereocenters. The first-order chi connectivity index (χ1) is 17.8. The van der Waals surface area contributed by atoms with Gasteiger partial charge in [-0.25, -0.2) is 25.1 Å². The molecule has 14 heteroatoms. The van der Waals surface area contributed by atoms with E-state index in [1.165, 1.54) is 6.33 Å². The number of nitrogens with zero attached hydrogens (tertiary/aromatic N) is 4. The van der Waals surface area contributed by atoms with Crippen molar-refractivity contribution in [3.63, 3.8) is 0 Å². The van der Waals surface area contributed by atoms with Crippen molar-refractivity contribution in [2.45, 2.75) is 98.1 Å². The largest absolute Gasteiger partial charge is 0.465 e. The minimum atomic E-state index is -3.69. The fourth-order valence-electron chi connectivity index (χ4n) is 3.57. The third kappa shape index (κ3) is 9.30. The van der Waals surface area contributed by atoms with E-state index in [4.69, 9.17) is 19.9 Å². The van der Waals surface area contributed by atoms with Crippen molar-refractivity contribution in [1.82, 2.24) is 29.7 Å². The Morgan fingerprint density at radius 1 is 1.16 bits per heavy atom. The van der Waals surface area contributed by atoms with E-state index in [0.29, 0.717) is 17.7 Å². The van der Waals surface area contributed by atoms with Crippen molar-refractivity contribution in [2.24, 2.45) is 0 Å². The Bertz CT molecular complexity index is 1120. The van der Waals surface area contributed by atoms with E-state index in [2.05, 4.69) is 32.1 Å². The number of ether oxygens (including phenoxy) is 3. The highest BCUT2D eigenvalue weighted by Crippen LogP contribution is 2.40. The summed E-state index contributed by atoms with van der Waals surface area (Å²) in [7, 11) is -3.69.